The number of thiazole rings is 1. The van der Waals surface area contributed by atoms with Gasteiger partial charge in [-0.1, -0.05) is 24.3 Å². The van der Waals surface area contributed by atoms with Crippen LogP contribution in [0, 0.1) is 5.82 Å². The summed E-state index contributed by atoms with van der Waals surface area (Å²) in [4.78, 5) is 16.7. The maximum atomic E-state index is 13.5. The molecule has 3 aromatic rings. The van der Waals surface area contributed by atoms with Crippen LogP contribution in [-0.4, -0.2) is 30.6 Å². The van der Waals surface area contributed by atoms with Crippen molar-refractivity contribution in [3.8, 4) is 22.1 Å². The number of amides is 1. The van der Waals surface area contributed by atoms with Crippen LogP contribution in [0.2, 0.25) is 0 Å². The van der Waals surface area contributed by atoms with E-state index < -0.39 is 0 Å². The zero-order valence-corrected chi connectivity index (χ0v) is 17.0. The molecule has 0 fully saturated rings. The predicted octanol–water partition coefficient (Wildman–Crippen LogP) is 4.48. The zero-order chi connectivity index (χ0) is 20.5. The van der Waals surface area contributed by atoms with Crippen molar-refractivity contribution in [3.63, 3.8) is 0 Å². The summed E-state index contributed by atoms with van der Waals surface area (Å²) >= 11 is 1.49. The minimum atomic E-state index is -0.387. The van der Waals surface area contributed by atoms with Gasteiger partial charge in [-0.2, -0.15) is 0 Å². The fraction of sp³-hybridized carbons (Fsp3) is 0.273. The first-order valence-electron chi connectivity index (χ1n) is 9.48. The molecule has 0 aliphatic carbocycles. The van der Waals surface area contributed by atoms with Gasteiger partial charge in [0.25, 0.3) is 0 Å². The van der Waals surface area contributed by atoms with Crippen molar-refractivity contribution < 1.29 is 18.7 Å². The van der Waals surface area contributed by atoms with E-state index >= 15 is 0 Å². The average molecular weight is 415 g/mol. The SMILES string of the molecule is CCOc1ccccc1-c1nc(CC(=O)NCCCOc2ccccc2F)cs1. The van der Waals surface area contributed by atoms with Crippen LogP contribution in [0.3, 0.4) is 0 Å². The highest BCUT2D eigenvalue weighted by Gasteiger charge is 2.12. The summed E-state index contributed by atoms with van der Waals surface area (Å²) in [6.45, 7) is 3.31. The van der Waals surface area contributed by atoms with Gasteiger partial charge < -0.3 is 14.8 Å². The van der Waals surface area contributed by atoms with Crippen LogP contribution >= 0.6 is 11.3 Å². The molecule has 0 saturated carbocycles. The molecule has 0 aliphatic rings. The molecule has 0 saturated heterocycles. The Hall–Kier alpha value is -2.93. The number of rotatable bonds is 10. The van der Waals surface area contributed by atoms with Crippen LogP contribution in [0.1, 0.15) is 19.0 Å². The van der Waals surface area contributed by atoms with E-state index in [0.717, 1.165) is 22.0 Å². The first-order valence-corrected chi connectivity index (χ1v) is 10.4. The minimum Gasteiger partial charge on any atom is -0.493 e. The van der Waals surface area contributed by atoms with Crippen molar-refractivity contribution in [2.24, 2.45) is 0 Å². The van der Waals surface area contributed by atoms with Crippen LogP contribution in [0.5, 0.6) is 11.5 Å². The van der Waals surface area contributed by atoms with Gasteiger partial charge in [-0.15, -0.1) is 11.3 Å². The van der Waals surface area contributed by atoms with E-state index in [2.05, 4.69) is 10.3 Å². The number of nitrogens with one attached hydrogen (secondary N) is 1. The van der Waals surface area contributed by atoms with Crippen molar-refractivity contribution in [1.82, 2.24) is 10.3 Å². The molecule has 0 atom stereocenters. The topological polar surface area (TPSA) is 60.5 Å². The first-order chi connectivity index (χ1) is 14.2. The molecule has 2 aromatic carbocycles. The number of nitrogens with zero attached hydrogens (tertiary/aromatic N) is 1. The molecule has 1 aromatic heterocycles. The molecule has 1 N–H and O–H groups in total. The lowest BCUT2D eigenvalue weighted by Gasteiger charge is -2.08. The number of carbonyl (C=O) groups excluding carboxylic acids is 1. The molecule has 152 valence electrons. The third-order valence-corrected chi connectivity index (χ3v) is 4.97. The molecule has 0 bridgehead atoms. The van der Waals surface area contributed by atoms with Crippen molar-refractivity contribution in [2.75, 3.05) is 19.8 Å². The number of benzene rings is 2. The lowest BCUT2D eigenvalue weighted by Crippen LogP contribution is -2.27. The monoisotopic (exact) mass is 414 g/mol. The third kappa shape index (κ3) is 6.02. The summed E-state index contributed by atoms with van der Waals surface area (Å²) in [5.74, 6) is 0.518. The van der Waals surface area contributed by atoms with E-state index in [1.54, 1.807) is 18.2 Å². The summed E-state index contributed by atoms with van der Waals surface area (Å²) in [7, 11) is 0. The van der Waals surface area contributed by atoms with Gasteiger partial charge in [0.1, 0.15) is 10.8 Å². The minimum absolute atomic E-state index is 0.106. The Balaban J connectivity index is 1.44. The third-order valence-electron chi connectivity index (χ3n) is 4.05. The van der Waals surface area contributed by atoms with Crippen LogP contribution in [0.15, 0.2) is 53.9 Å². The van der Waals surface area contributed by atoms with Gasteiger partial charge in [0.2, 0.25) is 5.91 Å². The lowest BCUT2D eigenvalue weighted by atomic mass is 10.2. The fourth-order valence-electron chi connectivity index (χ4n) is 2.71. The number of para-hydroxylation sites is 2. The Labute approximate surface area is 173 Å². The molecule has 29 heavy (non-hydrogen) atoms. The lowest BCUT2D eigenvalue weighted by molar-refractivity contribution is -0.120. The molecule has 0 radical (unpaired) electrons. The second-order valence-corrected chi connectivity index (χ2v) is 7.09. The van der Waals surface area contributed by atoms with Crippen molar-refractivity contribution >= 4 is 17.2 Å². The standard InChI is InChI=1S/C22H23FN2O3S/c1-2-27-19-10-5-3-8-17(19)22-25-16(15-29-22)14-21(26)24-12-7-13-28-20-11-6-4-9-18(20)23/h3-6,8-11,15H,2,7,12-14H2,1H3,(H,24,26). The van der Waals surface area contributed by atoms with E-state index in [4.69, 9.17) is 9.47 Å². The summed E-state index contributed by atoms with van der Waals surface area (Å²) < 4.78 is 24.5. The Morgan fingerprint density at radius 1 is 1.10 bits per heavy atom. The highest BCUT2D eigenvalue weighted by molar-refractivity contribution is 7.13. The molecular formula is C22H23FN2O3S. The molecular weight excluding hydrogens is 391 g/mol. The largest absolute Gasteiger partial charge is 0.493 e. The van der Waals surface area contributed by atoms with Crippen molar-refractivity contribution in [2.45, 2.75) is 19.8 Å². The van der Waals surface area contributed by atoms with Crippen LogP contribution in [0.25, 0.3) is 10.6 Å². The molecule has 1 heterocycles. The average Bonchev–Trinajstić information content (AvgIpc) is 3.18. The van der Waals surface area contributed by atoms with E-state index in [1.165, 1.54) is 17.4 Å². The molecule has 0 spiro atoms. The highest BCUT2D eigenvalue weighted by atomic mass is 32.1. The van der Waals surface area contributed by atoms with E-state index in [9.17, 15) is 9.18 Å². The normalized spacial score (nSPS) is 10.6. The zero-order valence-electron chi connectivity index (χ0n) is 16.2. The highest BCUT2D eigenvalue weighted by Crippen LogP contribution is 2.32. The van der Waals surface area contributed by atoms with Crippen LogP contribution in [-0.2, 0) is 11.2 Å². The van der Waals surface area contributed by atoms with Crippen molar-refractivity contribution in [3.05, 3.63) is 65.4 Å². The maximum absolute atomic E-state index is 13.5. The molecule has 1 amide bonds. The van der Waals surface area contributed by atoms with Crippen LogP contribution in [0.4, 0.5) is 4.39 Å². The first kappa shape index (κ1) is 20.8. The molecule has 5 nitrogen and oxygen atoms in total. The summed E-state index contributed by atoms with van der Waals surface area (Å²) in [5, 5.41) is 5.56. The Morgan fingerprint density at radius 3 is 2.66 bits per heavy atom. The number of carbonyl (C=O) groups is 1. The number of hydrogen-bond acceptors (Lipinski definition) is 5. The fourth-order valence-corrected chi connectivity index (χ4v) is 3.56. The van der Waals surface area contributed by atoms with Gasteiger partial charge in [-0.05, 0) is 37.6 Å². The summed E-state index contributed by atoms with van der Waals surface area (Å²) in [5.41, 5.74) is 1.65. The number of aromatic nitrogens is 1. The van der Waals surface area contributed by atoms with E-state index in [-0.39, 0.29) is 23.9 Å². The maximum Gasteiger partial charge on any atom is 0.226 e. The van der Waals surface area contributed by atoms with Gasteiger partial charge in [0.15, 0.2) is 11.6 Å². The van der Waals surface area contributed by atoms with E-state index in [0.29, 0.717) is 26.2 Å². The van der Waals surface area contributed by atoms with Gasteiger partial charge in [-0.3, -0.25) is 4.79 Å². The second-order valence-electron chi connectivity index (χ2n) is 6.23. The molecule has 7 heteroatoms. The number of halogens is 1. The Kier molecular flexibility index (Phi) is 7.58. The smallest absolute Gasteiger partial charge is 0.226 e. The Morgan fingerprint density at radius 2 is 1.86 bits per heavy atom. The van der Waals surface area contributed by atoms with Crippen LogP contribution < -0.4 is 14.8 Å². The predicted molar refractivity (Wildman–Crippen MR) is 112 cm³/mol. The number of hydrogen-bond donors (Lipinski definition) is 1. The van der Waals surface area contributed by atoms with Gasteiger partial charge in [0.05, 0.1) is 30.9 Å². The van der Waals surface area contributed by atoms with E-state index in [1.807, 2.05) is 36.6 Å². The quantitative estimate of drug-likeness (QED) is 0.497. The molecule has 3 rings (SSSR count). The molecule has 0 unspecified atom stereocenters. The van der Waals surface area contributed by atoms with Gasteiger partial charge in [0, 0.05) is 11.9 Å². The van der Waals surface area contributed by atoms with Crippen molar-refractivity contribution in [1.29, 1.82) is 0 Å². The summed E-state index contributed by atoms with van der Waals surface area (Å²) in [6.07, 6.45) is 0.797. The van der Waals surface area contributed by atoms with Gasteiger partial charge in [-0.25, -0.2) is 9.37 Å². The number of ether oxygens (including phenoxy) is 2. The second kappa shape index (κ2) is 10.6. The molecule has 0 aliphatic heterocycles. The Bertz CT molecular complexity index is 945. The summed E-state index contributed by atoms with van der Waals surface area (Å²) in [6, 6.07) is 14.0. The van der Waals surface area contributed by atoms with Gasteiger partial charge >= 0.3 is 0 Å².